The van der Waals surface area contributed by atoms with Gasteiger partial charge >= 0.3 is 0 Å². The molecule has 2 aromatic carbocycles. The Morgan fingerprint density at radius 2 is 1.60 bits per heavy atom. The van der Waals surface area contributed by atoms with Gasteiger partial charge in [0.15, 0.2) is 0 Å². The van der Waals surface area contributed by atoms with Crippen LogP contribution in [0.2, 0.25) is 15.1 Å². The summed E-state index contributed by atoms with van der Waals surface area (Å²) in [5, 5.41) is 2.13. The Bertz CT molecular complexity index is 572. The van der Waals surface area contributed by atoms with Gasteiger partial charge in [-0.2, -0.15) is 0 Å². The average Bonchev–Trinajstić information content (AvgIpc) is 2.42. The number of nitrogens with two attached hydrogens (primary N) is 1. The average molecular weight is 347 g/mol. The van der Waals surface area contributed by atoms with Crippen LogP contribution in [0.15, 0.2) is 47.4 Å². The van der Waals surface area contributed by atoms with Gasteiger partial charge in [0.2, 0.25) is 0 Å². The highest BCUT2D eigenvalue weighted by Gasteiger charge is 2.09. The van der Waals surface area contributed by atoms with Crippen molar-refractivity contribution in [3.63, 3.8) is 0 Å². The molecule has 0 spiro atoms. The molecule has 0 heterocycles. The van der Waals surface area contributed by atoms with Crippen molar-refractivity contribution >= 4 is 46.6 Å². The van der Waals surface area contributed by atoms with Crippen molar-refractivity contribution in [2.24, 2.45) is 5.73 Å². The molecule has 0 aliphatic rings. The number of benzene rings is 2. The summed E-state index contributed by atoms with van der Waals surface area (Å²) in [6, 6.07) is 13.2. The lowest BCUT2D eigenvalue weighted by Gasteiger charge is -2.13. The molecular formula is C15H14Cl3NS. The van der Waals surface area contributed by atoms with Gasteiger partial charge in [-0.1, -0.05) is 34.8 Å². The second-order valence-corrected chi connectivity index (χ2v) is 6.84. The lowest BCUT2D eigenvalue weighted by atomic mass is 10.1. The molecule has 0 radical (unpaired) electrons. The van der Waals surface area contributed by atoms with E-state index in [0.29, 0.717) is 16.5 Å². The molecule has 0 aromatic heterocycles. The highest BCUT2D eigenvalue weighted by atomic mass is 35.5. The van der Waals surface area contributed by atoms with Crippen molar-refractivity contribution in [3.05, 3.63) is 63.1 Å². The first-order chi connectivity index (χ1) is 9.54. The molecular weight excluding hydrogens is 333 g/mol. The lowest BCUT2D eigenvalue weighted by Crippen LogP contribution is -2.25. The van der Waals surface area contributed by atoms with Gasteiger partial charge in [0.05, 0.1) is 0 Å². The van der Waals surface area contributed by atoms with Crippen LogP contribution >= 0.6 is 46.6 Å². The van der Waals surface area contributed by atoms with Gasteiger partial charge in [0.1, 0.15) is 0 Å². The minimum Gasteiger partial charge on any atom is -0.327 e. The quantitative estimate of drug-likeness (QED) is 0.743. The molecule has 5 heteroatoms. The van der Waals surface area contributed by atoms with Crippen LogP contribution in [0.3, 0.4) is 0 Å². The number of hydrogen-bond donors (Lipinski definition) is 1. The zero-order valence-electron chi connectivity index (χ0n) is 10.7. The molecule has 0 aliphatic carbocycles. The number of halogens is 3. The van der Waals surface area contributed by atoms with E-state index in [-0.39, 0.29) is 6.04 Å². The van der Waals surface area contributed by atoms with E-state index >= 15 is 0 Å². The van der Waals surface area contributed by atoms with Crippen LogP contribution in [0, 0.1) is 0 Å². The van der Waals surface area contributed by atoms with E-state index in [0.717, 1.165) is 21.2 Å². The van der Waals surface area contributed by atoms with Crippen molar-refractivity contribution in [2.75, 3.05) is 5.75 Å². The van der Waals surface area contributed by atoms with Crippen molar-refractivity contribution in [3.8, 4) is 0 Å². The Balaban J connectivity index is 1.90. The van der Waals surface area contributed by atoms with E-state index in [1.807, 2.05) is 30.3 Å². The number of hydrogen-bond acceptors (Lipinski definition) is 2. The standard InChI is InChI=1S/C15H14Cl3NS/c16-11-1-4-14(5-2-11)20-9-13(19)8-10-7-12(17)3-6-15(10)18/h1-7,13H,8-9,19H2. The fourth-order valence-corrected chi connectivity index (χ4v) is 3.14. The predicted octanol–water partition coefficient (Wildman–Crippen LogP) is 5.31. The third-order valence-electron chi connectivity index (χ3n) is 2.77. The maximum Gasteiger partial charge on any atom is 0.0439 e. The first-order valence-corrected chi connectivity index (χ1v) is 8.24. The van der Waals surface area contributed by atoms with Gasteiger partial charge in [-0.15, -0.1) is 11.8 Å². The molecule has 0 saturated carbocycles. The minimum absolute atomic E-state index is 0.0200. The molecule has 0 amide bonds. The van der Waals surface area contributed by atoms with Crippen LogP contribution in [-0.4, -0.2) is 11.8 Å². The van der Waals surface area contributed by atoms with Gasteiger partial charge in [-0.05, 0) is 54.4 Å². The van der Waals surface area contributed by atoms with Crippen molar-refractivity contribution in [1.82, 2.24) is 0 Å². The first-order valence-electron chi connectivity index (χ1n) is 6.12. The SMILES string of the molecule is NC(CSc1ccc(Cl)cc1)Cc1cc(Cl)ccc1Cl. The van der Waals surface area contributed by atoms with Crippen molar-refractivity contribution in [2.45, 2.75) is 17.4 Å². The lowest BCUT2D eigenvalue weighted by molar-refractivity contribution is 0.749. The van der Waals surface area contributed by atoms with E-state index in [9.17, 15) is 0 Å². The Kier molecular flexibility index (Phi) is 6.06. The third kappa shape index (κ3) is 4.87. The van der Waals surface area contributed by atoms with E-state index in [1.165, 1.54) is 0 Å². The molecule has 106 valence electrons. The molecule has 2 N–H and O–H groups in total. The smallest absolute Gasteiger partial charge is 0.0439 e. The predicted molar refractivity (Wildman–Crippen MR) is 90.3 cm³/mol. The molecule has 1 atom stereocenters. The summed E-state index contributed by atoms with van der Waals surface area (Å²) in [5.41, 5.74) is 7.14. The van der Waals surface area contributed by atoms with Crippen molar-refractivity contribution in [1.29, 1.82) is 0 Å². The van der Waals surface area contributed by atoms with E-state index in [4.69, 9.17) is 40.5 Å². The number of rotatable bonds is 5. The fraction of sp³-hybridized carbons (Fsp3) is 0.200. The van der Waals surface area contributed by atoms with Crippen molar-refractivity contribution < 1.29 is 0 Å². The summed E-state index contributed by atoms with van der Waals surface area (Å²) in [6.45, 7) is 0. The molecule has 20 heavy (non-hydrogen) atoms. The van der Waals surface area contributed by atoms with Gasteiger partial charge in [0, 0.05) is 31.8 Å². The largest absolute Gasteiger partial charge is 0.327 e. The van der Waals surface area contributed by atoms with Crippen LogP contribution in [0.4, 0.5) is 0 Å². The van der Waals surface area contributed by atoms with Gasteiger partial charge < -0.3 is 5.73 Å². The van der Waals surface area contributed by atoms with Crippen LogP contribution in [0.5, 0.6) is 0 Å². The monoisotopic (exact) mass is 345 g/mol. The summed E-state index contributed by atoms with van der Waals surface area (Å²) >= 11 is 19.7. The van der Waals surface area contributed by atoms with Crippen LogP contribution < -0.4 is 5.73 Å². The molecule has 0 saturated heterocycles. The molecule has 1 nitrogen and oxygen atoms in total. The minimum atomic E-state index is 0.0200. The molecule has 0 fully saturated rings. The maximum atomic E-state index is 6.15. The highest BCUT2D eigenvalue weighted by molar-refractivity contribution is 7.99. The zero-order valence-corrected chi connectivity index (χ0v) is 13.7. The Labute approximate surface area is 138 Å². The van der Waals surface area contributed by atoms with Crippen LogP contribution in [0.25, 0.3) is 0 Å². The summed E-state index contributed by atoms with van der Waals surface area (Å²) in [7, 11) is 0. The third-order valence-corrected chi connectivity index (χ3v) is 4.82. The highest BCUT2D eigenvalue weighted by Crippen LogP contribution is 2.24. The van der Waals surface area contributed by atoms with Gasteiger partial charge in [0.25, 0.3) is 0 Å². The molecule has 2 aromatic rings. The van der Waals surface area contributed by atoms with E-state index < -0.39 is 0 Å². The summed E-state index contributed by atoms with van der Waals surface area (Å²) in [5.74, 6) is 0.810. The molecule has 0 aliphatic heterocycles. The normalized spacial score (nSPS) is 12.4. The van der Waals surface area contributed by atoms with Gasteiger partial charge in [-0.25, -0.2) is 0 Å². The summed E-state index contributed by atoms with van der Waals surface area (Å²) < 4.78 is 0. The van der Waals surface area contributed by atoms with Crippen LogP contribution in [0.1, 0.15) is 5.56 Å². The molecule has 2 rings (SSSR count). The molecule has 1 unspecified atom stereocenters. The van der Waals surface area contributed by atoms with Gasteiger partial charge in [-0.3, -0.25) is 0 Å². The summed E-state index contributed by atoms with van der Waals surface area (Å²) in [4.78, 5) is 1.15. The van der Waals surface area contributed by atoms with E-state index in [1.54, 1.807) is 23.9 Å². The summed E-state index contributed by atoms with van der Waals surface area (Å²) in [6.07, 6.45) is 0.708. The van der Waals surface area contributed by atoms with Crippen LogP contribution in [-0.2, 0) is 6.42 Å². The molecule has 0 bridgehead atoms. The second-order valence-electron chi connectivity index (χ2n) is 4.46. The van der Waals surface area contributed by atoms with E-state index in [2.05, 4.69) is 0 Å². The fourth-order valence-electron chi connectivity index (χ4n) is 1.78. The second kappa shape index (κ2) is 7.58. The first kappa shape index (κ1) is 16.0. The Morgan fingerprint density at radius 3 is 2.30 bits per heavy atom. The number of thioether (sulfide) groups is 1. The zero-order chi connectivity index (χ0) is 14.5. The Hall–Kier alpha value is -0.380. The maximum absolute atomic E-state index is 6.15. The topological polar surface area (TPSA) is 26.0 Å². The Morgan fingerprint density at radius 1 is 0.950 bits per heavy atom.